The molecule has 1 aliphatic carbocycles. The fourth-order valence-corrected chi connectivity index (χ4v) is 4.19. The van der Waals surface area contributed by atoms with Gasteiger partial charge in [-0.2, -0.15) is 0 Å². The van der Waals surface area contributed by atoms with Crippen LogP contribution in [0.3, 0.4) is 0 Å². The fraction of sp³-hybridized carbons (Fsp3) is 0.737. The van der Waals surface area contributed by atoms with E-state index in [1.165, 1.54) is 6.42 Å². The van der Waals surface area contributed by atoms with Gasteiger partial charge in [-0.05, 0) is 77.7 Å². The zero-order valence-electron chi connectivity index (χ0n) is 15.2. The van der Waals surface area contributed by atoms with Gasteiger partial charge in [-0.25, -0.2) is 4.79 Å². The Morgan fingerprint density at radius 3 is 2.38 bits per heavy atom. The molecule has 2 atom stereocenters. The van der Waals surface area contributed by atoms with Gasteiger partial charge in [-0.15, -0.1) is 0 Å². The monoisotopic (exact) mass is 449 g/mol. The van der Waals surface area contributed by atoms with E-state index in [0.29, 0.717) is 12.8 Å². The van der Waals surface area contributed by atoms with Crippen LogP contribution in [0.25, 0.3) is 0 Å². The normalized spacial score (nSPS) is 19.9. The van der Waals surface area contributed by atoms with Crippen molar-refractivity contribution in [3.05, 3.63) is 21.3 Å². The molecule has 0 bridgehead atoms. The van der Waals surface area contributed by atoms with E-state index >= 15 is 0 Å². The zero-order chi connectivity index (χ0) is 18.1. The van der Waals surface area contributed by atoms with Crippen molar-refractivity contribution in [3.63, 3.8) is 0 Å². The van der Waals surface area contributed by atoms with Crippen LogP contribution in [-0.4, -0.2) is 39.4 Å². The largest absolute Gasteiger partial charge is 0.465 e. The predicted octanol–water partition coefficient (Wildman–Crippen LogP) is 5.50. The molecule has 0 spiro atoms. The van der Waals surface area contributed by atoms with Crippen LogP contribution >= 0.6 is 22.6 Å². The van der Waals surface area contributed by atoms with E-state index in [-0.39, 0.29) is 12.1 Å². The summed E-state index contributed by atoms with van der Waals surface area (Å²) in [4.78, 5) is 13.5. The smallest absolute Gasteiger partial charge is 0.407 e. The van der Waals surface area contributed by atoms with Gasteiger partial charge in [0.15, 0.2) is 0 Å². The van der Waals surface area contributed by atoms with Gasteiger partial charge in [0, 0.05) is 12.1 Å². The molecule has 1 aliphatic rings. The van der Waals surface area contributed by atoms with Crippen LogP contribution in [0.15, 0.2) is 21.3 Å². The standard InChI is InChI=1S/C19H32INO3/c1-4-9-17(14(3)20)18(22)13-12-15(5-2)21(19(23)24)16-10-7-6-8-11-16/h4,9,15-16,18,22H,5-8,10-13H2,1-3H3,(H,23,24)/b9-4-,17-14-/t15?,18-/m1/s1. The second-order valence-electron chi connectivity index (χ2n) is 6.63. The molecule has 5 heteroatoms. The van der Waals surface area contributed by atoms with Crippen molar-refractivity contribution in [3.8, 4) is 0 Å². The van der Waals surface area contributed by atoms with Gasteiger partial charge in [0.2, 0.25) is 0 Å². The lowest BCUT2D eigenvalue weighted by molar-refractivity contribution is 0.0732. The van der Waals surface area contributed by atoms with Crippen LogP contribution in [0.5, 0.6) is 0 Å². The second kappa shape index (κ2) is 11.1. The quantitative estimate of drug-likeness (QED) is 0.380. The van der Waals surface area contributed by atoms with Crippen LogP contribution in [0.4, 0.5) is 4.79 Å². The number of allylic oxidation sites excluding steroid dienone is 2. The van der Waals surface area contributed by atoms with Crippen LogP contribution in [-0.2, 0) is 0 Å². The number of aliphatic hydroxyl groups is 1. The summed E-state index contributed by atoms with van der Waals surface area (Å²) in [6, 6.07) is 0.136. The molecule has 0 radical (unpaired) electrons. The summed E-state index contributed by atoms with van der Waals surface area (Å²) in [5.41, 5.74) is 0.937. The minimum absolute atomic E-state index is 0.0124. The summed E-state index contributed by atoms with van der Waals surface area (Å²) in [6.45, 7) is 5.97. The minimum Gasteiger partial charge on any atom is -0.465 e. The average molecular weight is 449 g/mol. The molecular formula is C19H32INO3. The van der Waals surface area contributed by atoms with Crippen molar-refractivity contribution < 1.29 is 15.0 Å². The van der Waals surface area contributed by atoms with Gasteiger partial charge in [0.1, 0.15) is 0 Å². The summed E-state index contributed by atoms with van der Waals surface area (Å²) in [7, 11) is 0. The molecule has 0 aromatic rings. The van der Waals surface area contributed by atoms with E-state index in [2.05, 4.69) is 22.6 Å². The topological polar surface area (TPSA) is 60.8 Å². The number of halogens is 1. The number of rotatable bonds is 8. The molecule has 1 saturated carbocycles. The number of hydrogen-bond donors (Lipinski definition) is 2. The van der Waals surface area contributed by atoms with Gasteiger partial charge in [0.05, 0.1) is 6.10 Å². The third-order valence-corrected chi connectivity index (χ3v) is 5.55. The van der Waals surface area contributed by atoms with Crippen molar-refractivity contribution in [1.82, 2.24) is 4.90 Å². The molecule has 0 heterocycles. The maximum absolute atomic E-state index is 11.8. The van der Waals surface area contributed by atoms with Crippen LogP contribution in [0, 0.1) is 0 Å². The first-order valence-electron chi connectivity index (χ1n) is 9.10. The first-order chi connectivity index (χ1) is 11.4. The van der Waals surface area contributed by atoms with Crippen molar-refractivity contribution >= 4 is 28.7 Å². The Labute approximate surface area is 160 Å². The Kier molecular flexibility index (Phi) is 9.96. The first-order valence-corrected chi connectivity index (χ1v) is 10.2. The first kappa shape index (κ1) is 21.5. The molecule has 24 heavy (non-hydrogen) atoms. The van der Waals surface area contributed by atoms with Gasteiger partial charge >= 0.3 is 6.09 Å². The van der Waals surface area contributed by atoms with Crippen LogP contribution < -0.4 is 0 Å². The third-order valence-electron chi connectivity index (χ3n) is 4.93. The number of amides is 1. The van der Waals surface area contributed by atoms with E-state index in [9.17, 15) is 15.0 Å². The highest BCUT2D eigenvalue weighted by atomic mass is 127. The van der Waals surface area contributed by atoms with E-state index in [0.717, 1.165) is 41.3 Å². The fourth-order valence-electron chi connectivity index (χ4n) is 3.65. The van der Waals surface area contributed by atoms with Crippen molar-refractivity contribution in [2.24, 2.45) is 0 Å². The molecule has 4 nitrogen and oxygen atoms in total. The molecule has 1 unspecified atom stereocenters. The van der Waals surface area contributed by atoms with E-state index in [1.807, 2.05) is 32.9 Å². The molecule has 2 N–H and O–H groups in total. The average Bonchev–Trinajstić information content (AvgIpc) is 2.56. The van der Waals surface area contributed by atoms with Gasteiger partial charge in [-0.3, -0.25) is 0 Å². The number of aliphatic hydroxyl groups excluding tert-OH is 1. The predicted molar refractivity (Wildman–Crippen MR) is 108 cm³/mol. The lowest BCUT2D eigenvalue weighted by atomic mass is 9.91. The van der Waals surface area contributed by atoms with Gasteiger partial charge in [-0.1, -0.05) is 38.3 Å². The summed E-state index contributed by atoms with van der Waals surface area (Å²) in [5.74, 6) is 0. The van der Waals surface area contributed by atoms with Crippen LogP contribution in [0.1, 0.15) is 72.1 Å². The molecule has 1 amide bonds. The maximum Gasteiger partial charge on any atom is 0.407 e. The Morgan fingerprint density at radius 2 is 1.92 bits per heavy atom. The van der Waals surface area contributed by atoms with Gasteiger partial charge < -0.3 is 15.1 Å². The lowest BCUT2D eigenvalue weighted by Crippen LogP contribution is -2.47. The number of carbonyl (C=O) groups is 1. The molecule has 0 aromatic carbocycles. The lowest BCUT2D eigenvalue weighted by Gasteiger charge is -2.38. The highest BCUT2D eigenvalue weighted by Gasteiger charge is 2.31. The van der Waals surface area contributed by atoms with Crippen molar-refractivity contribution in [1.29, 1.82) is 0 Å². The Hall–Kier alpha value is -0.560. The Bertz CT molecular complexity index is 452. The van der Waals surface area contributed by atoms with Crippen molar-refractivity contribution in [2.75, 3.05) is 0 Å². The number of hydrogen-bond acceptors (Lipinski definition) is 2. The highest BCUT2D eigenvalue weighted by molar-refractivity contribution is 14.1. The minimum atomic E-state index is -0.808. The summed E-state index contributed by atoms with van der Waals surface area (Å²) in [6.07, 6.45) is 10.0. The molecule has 1 rings (SSSR count). The van der Waals surface area contributed by atoms with Crippen molar-refractivity contribution in [2.45, 2.75) is 90.3 Å². The van der Waals surface area contributed by atoms with E-state index in [1.54, 1.807) is 4.90 Å². The number of carboxylic acid groups (broad SMARTS) is 1. The molecule has 0 aromatic heterocycles. The molecule has 138 valence electrons. The third kappa shape index (κ3) is 6.39. The molecule has 1 fully saturated rings. The second-order valence-corrected chi connectivity index (χ2v) is 8.24. The van der Waals surface area contributed by atoms with E-state index < -0.39 is 12.2 Å². The maximum atomic E-state index is 11.8. The number of nitrogens with zero attached hydrogens (tertiary/aromatic N) is 1. The Morgan fingerprint density at radius 1 is 1.29 bits per heavy atom. The SMILES string of the molecule is C/C=C\C(=C(/C)I)[C@H](O)CCC(CC)N(C(=O)O)C1CCCCC1. The zero-order valence-corrected chi connectivity index (χ0v) is 17.3. The molecule has 0 saturated heterocycles. The summed E-state index contributed by atoms with van der Waals surface area (Å²) >= 11 is 2.23. The van der Waals surface area contributed by atoms with E-state index in [4.69, 9.17) is 0 Å². The molecule has 0 aliphatic heterocycles. The summed E-state index contributed by atoms with van der Waals surface area (Å²) < 4.78 is 1.08. The summed E-state index contributed by atoms with van der Waals surface area (Å²) in [5, 5.41) is 20.2. The highest BCUT2D eigenvalue weighted by Crippen LogP contribution is 2.28. The van der Waals surface area contributed by atoms with Crippen LogP contribution in [0.2, 0.25) is 0 Å². The Balaban J connectivity index is 2.76. The molecular weight excluding hydrogens is 417 g/mol. The van der Waals surface area contributed by atoms with Gasteiger partial charge in [0.25, 0.3) is 0 Å².